The number of ether oxygens (including phenoxy) is 1. The zero-order valence-electron chi connectivity index (χ0n) is 8.23. The molecule has 0 saturated carbocycles. The summed E-state index contributed by atoms with van der Waals surface area (Å²) in [5.41, 5.74) is 6.52. The number of carbonyl (C=O) groups excluding carboxylic acids is 1. The van der Waals surface area contributed by atoms with Gasteiger partial charge in [-0.25, -0.2) is 4.79 Å². The summed E-state index contributed by atoms with van der Waals surface area (Å²) in [5, 5.41) is 1.63. The highest BCUT2D eigenvalue weighted by atomic mass is 16.5. The van der Waals surface area contributed by atoms with E-state index in [1.165, 1.54) is 7.11 Å². The number of aromatic nitrogens is 1. The molecule has 4 nitrogen and oxygen atoms in total. The highest BCUT2D eigenvalue weighted by molar-refractivity contribution is 6.08. The number of anilines is 1. The molecule has 0 aliphatic rings. The number of nitrogen functional groups attached to an aromatic ring is 1. The number of nitrogens with zero attached hydrogens (tertiary/aromatic N) is 1. The summed E-state index contributed by atoms with van der Waals surface area (Å²) in [5.74, 6) is -0.439. The van der Waals surface area contributed by atoms with Crippen LogP contribution in [0.2, 0.25) is 0 Å². The highest BCUT2D eigenvalue weighted by Crippen LogP contribution is 2.23. The van der Waals surface area contributed by atoms with Crippen molar-refractivity contribution >= 4 is 22.4 Å². The van der Waals surface area contributed by atoms with Gasteiger partial charge in [0.25, 0.3) is 0 Å². The molecule has 0 aliphatic heterocycles. The summed E-state index contributed by atoms with van der Waals surface area (Å²) in [6, 6.07) is 5.36. The molecule has 15 heavy (non-hydrogen) atoms. The summed E-state index contributed by atoms with van der Waals surface area (Å²) in [4.78, 5) is 15.5. The molecular weight excluding hydrogens is 192 g/mol. The van der Waals surface area contributed by atoms with Crippen LogP contribution >= 0.6 is 0 Å². The molecule has 0 bridgehead atoms. The maximum absolute atomic E-state index is 11.5. The Balaban J connectivity index is 2.79. The van der Waals surface area contributed by atoms with Crippen molar-refractivity contribution in [1.82, 2.24) is 4.98 Å². The van der Waals surface area contributed by atoms with Crippen molar-refractivity contribution in [3.8, 4) is 0 Å². The second kappa shape index (κ2) is 3.57. The Morgan fingerprint density at radius 3 is 2.93 bits per heavy atom. The van der Waals surface area contributed by atoms with Gasteiger partial charge in [0.05, 0.1) is 12.7 Å². The topological polar surface area (TPSA) is 65.2 Å². The van der Waals surface area contributed by atoms with Crippen LogP contribution in [-0.4, -0.2) is 18.1 Å². The number of pyridine rings is 1. The van der Waals surface area contributed by atoms with Gasteiger partial charge in [0.2, 0.25) is 0 Å². The van der Waals surface area contributed by atoms with Gasteiger partial charge in [0, 0.05) is 23.5 Å². The molecule has 0 radical (unpaired) electrons. The van der Waals surface area contributed by atoms with Crippen molar-refractivity contribution in [2.45, 2.75) is 0 Å². The van der Waals surface area contributed by atoms with Gasteiger partial charge in [-0.3, -0.25) is 4.98 Å². The number of methoxy groups -OCH3 is 1. The predicted octanol–water partition coefficient (Wildman–Crippen LogP) is 1.60. The van der Waals surface area contributed by atoms with Crippen molar-refractivity contribution in [2.75, 3.05) is 12.8 Å². The van der Waals surface area contributed by atoms with E-state index in [4.69, 9.17) is 5.73 Å². The van der Waals surface area contributed by atoms with Crippen LogP contribution in [0, 0.1) is 0 Å². The fraction of sp³-hybridized carbons (Fsp3) is 0.0909. The largest absolute Gasteiger partial charge is 0.465 e. The summed E-state index contributed by atoms with van der Waals surface area (Å²) in [7, 11) is 1.33. The summed E-state index contributed by atoms with van der Waals surface area (Å²) >= 11 is 0. The van der Waals surface area contributed by atoms with Crippen molar-refractivity contribution in [3.63, 3.8) is 0 Å². The van der Waals surface area contributed by atoms with Crippen LogP contribution in [0.1, 0.15) is 10.4 Å². The zero-order chi connectivity index (χ0) is 10.8. The molecular formula is C11H10N2O2. The first-order chi connectivity index (χ1) is 7.24. The standard InChI is InChI=1S/C11H10N2O2/c1-15-11(14)10-8-6-13-5-4-7(8)2-3-9(10)12/h2-6H,12H2,1H3. The number of hydrogen-bond donors (Lipinski definition) is 1. The number of carbonyl (C=O) groups is 1. The second-order valence-corrected chi connectivity index (χ2v) is 3.12. The van der Waals surface area contributed by atoms with E-state index in [0.29, 0.717) is 16.6 Å². The first kappa shape index (κ1) is 9.45. The Bertz CT molecular complexity index is 523. The lowest BCUT2D eigenvalue weighted by Gasteiger charge is -2.06. The molecule has 0 unspecified atom stereocenters. The molecule has 1 heterocycles. The second-order valence-electron chi connectivity index (χ2n) is 3.12. The lowest BCUT2D eigenvalue weighted by atomic mass is 10.1. The number of nitrogens with two attached hydrogens (primary N) is 1. The summed E-state index contributed by atoms with van der Waals surface area (Å²) < 4.78 is 4.68. The SMILES string of the molecule is COC(=O)c1c(N)ccc2ccncc12. The Labute approximate surface area is 86.7 Å². The summed E-state index contributed by atoms with van der Waals surface area (Å²) in [6.07, 6.45) is 3.28. The normalized spacial score (nSPS) is 10.2. The van der Waals surface area contributed by atoms with Crippen molar-refractivity contribution in [1.29, 1.82) is 0 Å². The minimum atomic E-state index is -0.439. The van der Waals surface area contributed by atoms with Crippen LogP contribution in [0.25, 0.3) is 10.8 Å². The lowest BCUT2D eigenvalue weighted by molar-refractivity contribution is 0.0604. The van der Waals surface area contributed by atoms with E-state index in [1.807, 2.05) is 12.1 Å². The van der Waals surface area contributed by atoms with Crippen LogP contribution in [0.4, 0.5) is 5.69 Å². The van der Waals surface area contributed by atoms with Gasteiger partial charge in [-0.15, -0.1) is 0 Å². The third-order valence-corrected chi connectivity index (χ3v) is 2.24. The number of benzene rings is 1. The number of fused-ring (bicyclic) bond motifs is 1. The molecule has 0 aliphatic carbocycles. The Morgan fingerprint density at radius 2 is 2.20 bits per heavy atom. The predicted molar refractivity (Wildman–Crippen MR) is 57.5 cm³/mol. The molecule has 2 rings (SSSR count). The van der Waals surface area contributed by atoms with Gasteiger partial charge in [0.15, 0.2) is 0 Å². The van der Waals surface area contributed by atoms with Crippen LogP contribution < -0.4 is 5.73 Å². The smallest absolute Gasteiger partial charge is 0.340 e. The van der Waals surface area contributed by atoms with E-state index in [0.717, 1.165) is 5.39 Å². The number of esters is 1. The van der Waals surface area contributed by atoms with Crippen molar-refractivity contribution in [3.05, 3.63) is 36.2 Å². The van der Waals surface area contributed by atoms with Gasteiger partial charge in [-0.2, -0.15) is 0 Å². The van der Waals surface area contributed by atoms with Gasteiger partial charge in [-0.05, 0) is 17.5 Å². The van der Waals surface area contributed by atoms with Crippen LogP contribution in [0.5, 0.6) is 0 Å². The minimum absolute atomic E-state index is 0.378. The quantitative estimate of drug-likeness (QED) is 0.563. The third-order valence-electron chi connectivity index (χ3n) is 2.24. The number of rotatable bonds is 1. The van der Waals surface area contributed by atoms with E-state index < -0.39 is 5.97 Å². The first-order valence-electron chi connectivity index (χ1n) is 4.44. The Hall–Kier alpha value is -2.10. The molecule has 1 aromatic heterocycles. The van der Waals surface area contributed by atoms with Crippen LogP contribution in [0.15, 0.2) is 30.6 Å². The highest BCUT2D eigenvalue weighted by Gasteiger charge is 2.13. The van der Waals surface area contributed by atoms with Crippen molar-refractivity contribution in [2.24, 2.45) is 0 Å². The minimum Gasteiger partial charge on any atom is -0.465 e. The molecule has 1 aromatic carbocycles. The lowest BCUT2D eigenvalue weighted by Crippen LogP contribution is -2.06. The molecule has 0 spiro atoms. The van der Waals surface area contributed by atoms with E-state index in [2.05, 4.69) is 9.72 Å². The van der Waals surface area contributed by atoms with E-state index in [-0.39, 0.29) is 0 Å². The average molecular weight is 202 g/mol. The first-order valence-corrected chi connectivity index (χ1v) is 4.44. The third kappa shape index (κ3) is 1.50. The molecule has 4 heteroatoms. The zero-order valence-corrected chi connectivity index (χ0v) is 8.23. The average Bonchev–Trinajstić information content (AvgIpc) is 2.28. The monoisotopic (exact) mass is 202 g/mol. The maximum Gasteiger partial charge on any atom is 0.340 e. The van der Waals surface area contributed by atoms with Crippen LogP contribution in [0.3, 0.4) is 0 Å². The summed E-state index contributed by atoms with van der Waals surface area (Å²) in [6.45, 7) is 0. The van der Waals surface area contributed by atoms with E-state index in [1.54, 1.807) is 18.5 Å². The van der Waals surface area contributed by atoms with Gasteiger partial charge < -0.3 is 10.5 Å². The Morgan fingerprint density at radius 1 is 1.40 bits per heavy atom. The fourth-order valence-corrected chi connectivity index (χ4v) is 1.51. The molecule has 2 N–H and O–H groups in total. The van der Waals surface area contributed by atoms with Crippen LogP contribution in [-0.2, 0) is 4.74 Å². The molecule has 0 amide bonds. The van der Waals surface area contributed by atoms with E-state index in [9.17, 15) is 4.79 Å². The maximum atomic E-state index is 11.5. The van der Waals surface area contributed by atoms with Crippen molar-refractivity contribution < 1.29 is 9.53 Å². The molecule has 2 aromatic rings. The fourth-order valence-electron chi connectivity index (χ4n) is 1.51. The van der Waals surface area contributed by atoms with Gasteiger partial charge >= 0.3 is 5.97 Å². The van der Waals surface area contributed by atoms with Gasteiger partial charge in [-0.1, -0.05) is 6.07 Å². The molecule has 76 valence electrons. The molecule has 0 saturated heterocycles. The van der Waals surface area contributed by atoms with Gasteiger partial charge in [0.1, 0.15) is 0 Å². The molecule has 0 fully saturated rings. The number of hydrogen-bond acceptors (Lipinski definition) is 4. The van der Waals surface area contributed by atoms with E-state index >= 15 is 0 Å². The molecule has 0 atom stereocenters. The Kier molecular flexibility index (Phi) is 2.25.